The summed E-state index contributed by atoms with van der Waals surface area (Å²) in [5.74, 6) is 0.536. The van der Waals surface area contributed by atoms with E-state index < -0.39 is 0 Å². The van der Waals surface area contributed by atoms with Crippen molar-refractivity contribution in [3.05, 3.63) is 35.7 Å². The molecule has 3 N–H and O–H groups in total. The number of nitrogens with one attached hydrogen (secondary N) is 2. The highest BCUT2D eigenvalue weighted by Crippen LogP contribution is 2.33. The van der Waals surface area contributed by atoms with Gasteiger partial charge < -0.3 is 15.5 Å². The van der Waals surface area contributed by atoms with Gasteiger partial charge in [-0.15, -0.1) is 0 Å². The van der Waals surface area contributed by atoms with Gasteiger partial charge in [-0.1, -0.05) is 19.3 Å². The summed E-state index contributed by atoms with van der Waals surface area (Å²) < 4.78 is 0. The van der Waals surface area contributed by atoms with Gasteiger partial charge in [-0.2, -0.15) is 0 Å². The summed E-state index contributed by atoms with van der Waals surface area (Å²) in [4.78, 5) is 7.31. The maximum absolute atomic E-state index is 10.6. The van der Waals surface area contributed by atoms with Crippen LogP contribution in [0.4, 0.5) is 0 Å². The van der Waals surface area contributed by atoms with Crippen molar-refractivity contribution < 1.29 is 5.11 Å². The van der Waals surface area contributed by atoms with Crippen LogP contribution in [0.3, 0.4) is 0 Å². The quantitative estimate of drug-likeness (QED) is 0.580. The number of hydrogen-bond donors (Lipinski definition) is 3. The standard InChI is InChI=1S/C16H19N3O/c17-9-13(11-5-2-1-3-6-11)15(20)14-10-19-16-12(14)7-4-8-18-16/h4,7-11,17,20H,1-3,5-6H2,(H,18,19)/b15-13+,17-9?. The molecule has 4 nitrogen and oxygen atoms in total. The second-order valence-electron chi connectivity index (χ2n) is 5.39. The van der Waals surface area contributed by atoms with E-state index in [-0.39, 0.29) is 5.76 Å². The van der Waals surface area contributed by atoms with E-state index in [1.807, 2.05) is 12.1 Å². The number of aliphatic hydroxyl groups excluding tert-OH is 1. The summed E-state index contributed by atoms with van der Waals surface area (Å²) in [6.07, 6.45) is 10.6. The van der Waals surface area contributed by atoms with E-state index in [2.05, 4.69) is 9.97 Å². The number of hydrogen-bond acceptors (Lipinski definition) is 3. The number of allylic oxidation sites excluding steroid dienone is 1. The molecule has 2 heterocycles. The molecule has 1 fully saturated rings. The predicted octanol–water partition coefficient (Wildman–Crippen LogP) is 4.06. The van der Waals surface area contributed by atoms with Crippen LogP contribution in [0.15, 0.2) is 30.1 Å². The Labute approximate surface area is 118 Å². The molecule has 0 aliphatic heterocycles. The van der Waals surface area contributed by atoms with Crippen LogP contribution in [0.1, 0.15) is 37.7 Å². The highest BCUT2D eigenvalue weighted by atomic mass is 16.3. The summed E-state index contributed by atoms with van der Waals surface area (Å²) in [5, 5.41) is 19.2. The zero-order valence-corrected chi connectivity index (χ0v) is 11.4. The predicted molar refractivity (Wildman–Crippen MR) is 81.0 cm³/mol. The molecule has 2 aromatic heterocycles. The van der Waals surface area contributed by atoms with Crippen molar-refractivity contribution in [3.8, 4) is 0 Å². The van der Waals surface area contributed by atoms with E-state index in [1.165, 1.54) is 25.5 Å². The molecular formula is C16H19N3O. The number of aromatic amines is 1. The average Bonchev–Trinajstić information content (AvgIpc) is 2.93. The number of aliphatic hydroxyl groups is 1. The molecule has 0 saturated heterocycles. The minimum Gasteiger partial charge on any atom is -0.507 e. The first kappa shape index (κ1) is 12.9. The Kier molecular flexibility index (Phi) is 3.54. The molecule has 104 valence electrons. The second kappa shape index (κ2) is 5.49. The Morgan fingerprint density at radius 2 is 2.15 bits per heavy atom. The van der Waals surface area contributed by atoms with Gasteiger partial charge in [-0.25, -0.2) is 4.98 Å². The molecular weight excluding hydrogens is 250 g/mol. The molecule has 4 heteroatoms. The molecule has 0 radical (unpaired) electrons. The maximum atomic E-state index is 10.6. The minimum atomic E-state index is 0.228. The van der Waals surface area contributed by atoms with Crippen molar-refractivity contribution in [3.63, 3.8) is 0 Å². The third-order valence-corrected chi connectivity index (χ3v) is 4.18. The number of pyridine rings is 1. The number of H-pyrrole nitrogens is 1. The molecule has 3 rings (SSSR count). The molecule has 0 unspecified atom stereocenters. The third kappa shape index (κ3) is 2.22. The first-order chi connectivity index (χ1) is 9.81. The Morgan fingerprint density at radius 3 is 2.90 bits per heavy atom. The van der Waals surface area contributed by atoms with Gasteiger partial charge in [-0.05, 0) is 30.9 Å². The first-order valence-corrected chi connectivity index (χ1v) is 7.17. The Hall–Kier alpha value is -2.10. The van der Waals surface area contributed by atoms with Crippen molar-refractivity contribution in [2.75, 3.05) is 0 Å². The largest absolute Gasteiger partial charge is 0.507 e. The normalized spacial score (nSPS) is 18.0. The van der Waals surface area contributed by atoms with Crippen LogP contribution in [-0.4, -0.2) is 21.3 Å². The fraction of sp³-hybridized carbons (Fsp3) is 0.375. The van der Waals surface area contributed by atoms with Crippen molar-refractivity contribution in [1.29, 1.82) is 5.41 Å². The van der Waals surface area contributed by atoms with Crippen LogP contribution < -0.4 is 0 Å². The average molecular weight is 269 g/mol. The zero-order valence-electron chi connectivity index (χ0n) is 11.4. The fourth-order valence-electron chi connectivity index (χ4n) is 3.10. The van der Waals surface area contributed by atoms with Crippen LogP contribution in [-0.2, 0) is 0 Å². The summed E-state index contributed by atoms with van der Waals surface area (Å²) in [7, 11) is 0. The van der Waals surface area contributed by atoms with E-state index in [9.17, 15) is 5.11 Å². The van der Waals surface area contributed by atoms with E-state index in [4.69, 9.17) is 5.41 Å². The van der Waals surface area contributed by atoms with Crippen LogP contribution in [0.25, 0.3) is 16.8 Å². The molecule has 0 spiro atoms. The van der Waals surface area contributed by atoms with Crippen molar-refractivity contribution in [2.45, 2.75) is 32.1 Å². The van der Waals surface area contributed by atoms with Gasteiger partial charge in [-0.3, -0.25) is 0 Å². The van der Waals surface area contributed by atoms with Crippen molar-refractivity contribution >= 4 is 23.0 Å². The Morgan fingerprint density at radius 1 is 1.35 bits per heavy atom. The van der Waals surface area contributed by atoms with E-state index in [0.717, 1.165) is 35.0 Å². The number of nitrogens with zero attached hydrogens (tertiary/aromatic N) is 1. The Bertz CT molecular complexity index is 651. The van der Waals surface area contributed by atoms with Gasteiger partial charge >= 0.3 is 0 Å². The number of fused-ring (bicyclic) bond motifs is 1. The van der Waals surface area contributed by atoms with Gasteiger partial charge in [0.15, 0.2) is 0 Å². The zero-order chi connectivity index (χ0) is 13.9. The van der Waals surface area contributed by atoms with E-state index in [1.54, 1.807) is 12.4 Å². The van der Waals surface area contributed by atoms with Gasteiger partial charge in [0.25, 0.3) is 0 Å². The lowest BCUT2D eigenvalue weighted by Gasteiger charge is -2.23. The molecule has 0 atom stereocenters. The lowest BCUT2D eigenvalue weighted by atomic mass is 9.83. The molecule has 20 heavy (non-hydrogen) atoms. The topological polar surface area (TPSA) is 72.8 Å². The summed E-state index contributed by atoms with van der Waals surface area (Å²) in [6, 6.07) is 3.80. The van der Waals surface area contributed by atoms with Gasteiger partial charge in [0.1, 0.15) is 11.4 Å². The lowest BCUT2D eigenvalue weighted by molar-refractivity contribution is 0.402. The third-order valence-electron chi connectivity index (χ3n) is 4.18. The molecule has 1 aliphatic rings. The van der Waals surface area contributed by atoms with Gasteiger partial charge in [0.2, 0.25) is 0 Å². The molecule has 1 aliphatic carbocycles. The monoisotopic (exact) mass is 269 g/mol. The van der Waals surface area contributed by atoms with Crippen molar-refractivity contribution in [1.82, 2.24) is 9.97 Å². The number of aromatic nitrogens is 2. The summed E-state index contributed by atoms with van der Waals surface area (Å²) in [6.45, 7) is 0. The number of rotatable bonds is 3. The summed E-state index contributed by atoms with van der Waals surface area (Å²) in [5.41, 5.74) is 2.27. The molecule has 0 amide bonds. The Balaban J connectivity index is 2.05. The van der Waals surface area contributed by atoms with Crippen LogP contribution >= 0.6 is 0 Å². The second-order valence-corrected chi connectivity index (χ2v) is 5.39. The first-order valence-electron chi connectivity index (χ1n) is 7.17. The minimum absolute atomic E-state index is 0.228. The SMILES string of the molecule is N=C/C(=C(\O)c1c[nH]c2ncccc12)C1CCCCC1. The molecule has 2 aromatic rings. The molecule has 1 saturated carbocycles. The van der Waals surface area contributed by atoms with Crippen molar-refractivity contribution in [2.24, 2.45) is 5.92 Å². The maximum Gasteiger partial charge on any atom is 0.137 e. The van der Waals surface area contributed by atoms with Gasteiger partial charge in [0, 0.05) is 35.1 Å². The molecule has 0 aromatic carbocycles. The fourth-order valence-corrected chi connectivity index (χ4v) is 3.10. The van der Waals surface area contributed by atoms with E-state index >= 15 is 0 Å². The van der Waals surface area contributed by atoms with Crippen LogP contribution in [0.5, 0.6) is 0 Å². The highest BCUT2D eigenvalue weighted by molar-refractivity contribution is 5.95. The van der Waals surface area contributed by atoms with Gasteiger partial charge in [0.05, 0.1) is 0 Å². The summed E-state index contributed by atoms with van der Waals surface area (Å²) >= 11 is 0. The smallest absolute Gasteiger partial charge is 0.137 e. The van der Waals surface area contributed by atoms with Crippen LogP contribution in [0.2, 0.25) is 0 Å². The molecule has 0 bridgehead atoms. The lowest BCUT2D eigenvalue weighted by Crippen LogP contribution is -2.12. The van der Waals surface area contributed by atoms with Crippen LogP contribution in [0, 0.1) is 11.3 Å². The van der Waals surface area contributed by atoms with E-state index in [0.29, 0.717) is 5.92 Å². The highest BCUT2D eigenvalue weighted by Gasteiger charge is 2.21.